The van der Waals surface area contributed by atoms with Gasteiger partial charge in [0.2, 0.25) is 0 Å². The number of rotatable bonds is 4. The molecule has 0 N–H and O–H groups in total. The van der Waals surface area contributed by atoms with Crippen molar-refractivity contribution in [1.29, 1.82) is 0 Å². The maximum atomic E-state index is 13.7. The van der Waals surface area contributed by atoms with Gasteiger partial charge in [-0.1, -0.05) is 24.3 Å². The summed E-state index contributed by atoms with van der Waals surface area (Å²) in [5.74, 6) is 0.352. The van der Waals surface area contributed by atoms with Crippen LogP contribution in [0.3, 0.4) is 0 Å². The number of aromatic nitrogens is 1. The van der Waals surface area contributed by atoms with Gasteiger partial charge in [0.1, 0.15) is 11.6 Å². The van der Waals surface area contributed by atoms with E-state index >= 15 is 0 Å². The molecule has 0 radical (unpaired) electrons. The highest BCUT2D eigenvalue weighted by atomic mass is 19.1. The quantitative estimate of drug-likeness (QED) is 0.537. The molecule has 0 atom stereocenters. The zero-order valence-corrected chi connectivity index (χ0v) is 16.8. The second kappa shape index (κ2) is 7.56. The molecule has 152 valence electrons. The molecule has 0 spiro atoms. The Bertz CT molecular complexity index is 1120. The van der Waals surface area contributed by atoms with Crippen LogP contribution in [0.5, 0.6) is 5.75 Å². The summed E-state index contributed by atoms with van der Waals surface area (Å²) >= 11 is 0. The summed E-state index contributed by atoms with van der Waals surface area (Å²) in [4.78, 5) is 18.1. The Balaban J connectivity index is 1.85. The molecule has 3 aromatic rings. The van der Waals surface area contributed by atoms with Gasteiger partial charge in [0, 0.05) is 23.5 Å². The fourth-order valence-electron chi connectivity index (χ4n) is 4.16. The van der Waals surface area contributed by atoms with Gasteiger partial charge in [-0.15, -0.1) is 0 Å². The van der Waals surface area contributed by atoms with Crippen molar-refractivity contribution in [2.75, 3.05) is 13.2 Å². The summed E-state index contributed by atoms with van der Waals surface area (Å²) in [6, 6.07) is 14.2. The van der Waals surface area contributed by atoms with Crippen LogP contribution in [-0.2, 0) is 11.2 Å². The maximum absolute atomic E-state index is 13.7. The molecular weight excluding hydrogens is 381 g/mol. The summed E-state index contributed by atoms with van der Waals surface area (Å²) in [5, 5.41) is 0. The van der Waals surface area contributed by atoms with Gasteiger partial charge in [-0.2, -0.15) is 0 Å². The van der Waals surface area contributed by atoms with Crippen LogP contribution in [0.1, 0.15) is 47.3 Å². The zero-order valence-electron chi connectivity index (χ0n) is 16.8. The topological polar surface area (TPSA) is 48.4 Å². The van der Waals surface area contributed by atoms with E-state index in [1.807, 2.05) is 24.3 Å². The van der Waals surface area contributed by atoms with Crippen molar-refractivity contribution in [2.24, 2.45) is 0 Å². The molecule has 0 saturated heterocycles. The van der Waals surface area contributed by atoms with Crippen LogP contribution in [0, 0.1) is 5.82 Å². The van der Waals surface area contributed by atoms with Crippen LogP contribution in [0.4, 0.5) is 4.39 Å². The van der Waals surface area contributed by atoms with E-state index in [4.69, 9.17) is 14.5 Å². The highest BCUT2D eigenvalue weighted by molar-refractivity contribution is 6.01. The van der Waals surface area contributed by atoms with Crippen LogP contribution in [0.2, 0.25) is 0 Å². The normalized spacial score (nSPS) is 14.9. The van der Waals surface area contributed by atoms with Crippen LogP contribution in [0.25, 0.3) is 22.4 Å². The summed E-state index contributed by atoms with van der Waals surface area (Å²) < 4.78 is 25.1. The van der Waals surface area contributed by atoms with Gasteiger partial charge in [0.25, 0.3) is 0 Å². The van der Waals surface area contributed by atoms with E-state index in [1.165, 1.54) is 12.1 Å². The number of carbonyl (C=O) groups excluding carboxylic acids is 1. The molecule has 1 saturated carbocycles. The van der Waals surface area contributed by atoms with E-state index in [2.05, 4.69) is 0 Å². The van der Waals surface area contributed by atoms with Gasteiger partial charge < -0.3 is 9.47 Å². The maximum Gasteiger partial charge on any atom is 0.340 e. The molecule has 1 aromatic heterocycles. The van der Waals surface area contributed by atoms with Crippen molar-refractivity contribution in [3.05, 3.63) is 71.2 Å². The molecule has 1 aliphatic carbocycles. The smallest absolute Gasteiger partial charge is 0.340 e. The van der Waals surface area contributed by atoms with E-state index in [0.717, 1.165) is 52.2 Å². The summed E-state index contributed by atoms with van der Waals surface area (Å²) in [6.45, 7) is 2.56. The fourth-order valence-corrected chi connectivity index (χ4v) is 4.16. The number of hydrogen-bond acceptors (Lipinski definition) is 4. The molecule has 0 amide bonds. The molecule has 4 nitrogen and oxygen atoms in total. The first-order valence-electron chi connectivity index (χ1n) is 10.4. The molecule has 2 heterocycles. The number of hydrogen-bond donors (Lipinski definition) is 0. The number of carbonyl (C=O) groups is 1. The number of fused-ring (bicyclic) bond motifs is 3. The van der Waals surface area contributed by atoms with E-state index in [1.54, 1.807) is 19.1 Å². The van der Waals surface area contributed by atoms with Gasteiger partial charge in [-0.25, -0.2) is 9.18 Å². The molecular formula is C25H22FNO3. The Morgan fingerprint density at radius 3 is 2.67 bits per heavy atom. The first-order chi connectivity index (χ1) is 14.7. The van der Waals surface area contributed by atoms with Gasteiger partial charge in [0.05, 0.1) is 30.2 Å². The molecule has 0 bridgehead atoms. The fraction of sp³-hybridized carbons (Fsp3) is 0.280. The van der Waals surface area contributed by atoms with Gasteiger partial charge >= 0.3 is 5.97 Å². The van der Waals surface area contributed by atoms with Crippen molar-refractivity contribution in [1.82, 2.24) is 4.98 Å². The van der Waals surface area contributed by atoms with Gasteiger partial charge in [0.15, 0.2) is 0 Å². The number of esters is 1. The second-order valence-corrected chi connectivity index (χ2v) is 7.67. The van der Waals surface area contributed by atoms with Gasteiger partial charge in [-0.3, -0.25) is 4.98 Å². The van der Waals surface area contributed by atoms with Crippen LogP contribution < -0.4 is 4.74 Å². The van der Waals surface area contributed by atoms with E-state index in [0.29, 0.717) is 18.6 Å². The lowest BCUT2D eigenvalue weighted by Gasteiger charge is -2.20. The van der Waals surface area contributed by atoms with Crippen molar-refractivity contribution in [2.45, 2.75) is 32.1 Å². The van der Waals surface area contributed by atoms with Crippen LogP contribution >= 0.6 is 0 Å². The zero-order chi connectivity index (χ0) is 20.7. The Kier molecular flexibility index (Phi) is 4.74. The number of nitrogens with zero attached hydrogens (tertiary/aromatic N) is 1. The number of para-hydroxylation sites is 1. The van der Waals surface area contributed by atoms with Crippen LogP contribution in [-0.4, -0.2) is 24.2 Å². The predicted octanol–water partition coefficient (Wildman–Crippen LogP) is 5.54. The molecule has 5 rings (SSSR count). The third-order valence-corrected chi connectivity index (χ3v) is 5.65. The van der Waals surface area contributed by atoms with E-state index < -0.39 is 0 Å². The van der Waals surface area contributed by atoms with E-state index in [-0.39, 0.29) is 24.3 Å². The second-order valence-electron chi connectivity index (χ2n) is 7.67. The SMILES string of the molecule is CCOC(=O)c1c(C2CC2)nc2c(c1-c1ccc(F)cc1)CCOc1ccccc1-2. The minimum absolute atomic E-state index is 0.241. The number of pyridine rings is 1. The highest BCUT2D eigenvalue weighted by Gasteiger charge is 2.36. The average molecular weight is 403 g/mol. The molecule has 1 fully saturated rings. The van der Waals surface area contributed by atoms with Crippen LogP contribution in [0.15, 0.2) is 48.5 Å². The largest absolute Gasteiger partial charge is 0.493 e. The number of halogens is 1. The third-order valence-electron chi connectivity index (χ3n) is 5.65. The Labute approximate surface area is 174 Å². The average Bonchev–Trinajstić information content (AvgIpc) is 3.60. The minimum atomic E-state index is -0.368. The van der Waals surface area contributed by atoms with E-state index in [9.17, 15) is 9.18 Å². The lowest BCUT2D eigenvalue weighted by Crippen LogP contribution is -2.15. The summed E-state index contributed by atoms with van der Waals surface area (Å²) in [5.41, 5.74) is 5.59. The standard InChI is InChI=1S/C25H22FNO3/c1-2-29-25(28)22-21(15-9-11-17(26)12-10-15)19-13-14-30-20-6-4-3-5-18(20)24(19)27-23(22)16-7-8-16/h3-6,9-12,16H,2,7-8,13-14H2,1H3. The molecule has 2 aromatic carbocycles. The molecule has 5 heteroatoms. The molecule has 2 aliphatic rings. The molecule has 30 heavy (non-hydrogen) atoms. The summed E-state index contributed by atoms with van der Waals surface area (Å²) in [6.07, 6.45) is 2.60. The monoisotopic (exact) mass is 403 g/mol. The molecule has 0 unspecified atom stereocenters. The first kappa shape index (κ1) is 18.8. The number of benzene rings is 2. The number of ether oxygens (including phenoxy) is 2. The Hall–Kier alpha value is -3.21. The third kappa shape index (κ3) is 3.24. The predicted molar refractivity (Wildman–Crippen MR) is 112 cm³/mol. The summed E-state index contributed by atoms with van der Waals surface area (Å²) in [7, 11) is 0. The minimum Gasteiger partial charge on any atom is -0.493 e. The highest BCUT2D eigenvalue weighted by Crippen LogP contribution is 2.47. The van der Waals surface area contributed by atoms with Crippen molar-refractivity contribution in [3.63, 3.8) is 0 Å². The lowest BCUT2D eigenvalue weighted by molar-refractivity contribution is 0.0525. The lowest BCUT2D eigenvalue weighted by atomic mass is 9.88. The molecule has 1 aliphatic heterocycles. The first-order valence-corrected chi connectivity index (χ1v) is 10.4. The van der Waals surface area contributed by atoms with Crippen molar-refractivity contribution in [3.8, 4) is 28.1 Å². The Morgan fingerprint density at radius 2 is 1.93 bits per heavy atom. The van der Waals surface area contributed by atoms with Crippen molar-refractivity contribution < 1.29 is 18.7 Å². The van der Waals surface area contributed by atoms with Crippen molar-refractivity contribution >= 4 is 5.97 Å². The Morgan fingerprint density at radius 1 is 1.17 bits per heavy atom. The van der Waals surface area contributed by atoms with Gasteiger partial charge in [-0.05, 0) is 55.2 Å².